The normalized spacial score (nSPS) is 11.8. The minimum absolute atomic E-state index is 0.108. The van der Waals surface area contributed by atoms with Crippen molar-refractivity contribution in [3.63, 3.8) is 0 Å². The van der Waals surface area contributed by atoms with Gasteiger partial charge in [-0.2, -0.15) is 8.78 Å². The number of hydrogen-bond acceptors (Lipinski definition) is 5. The van der Waals surface area contributed by atoms with E-state index in [1.807, 2.05) is 6.92 Å². The third-order valence-corrected chi connectivity index (χ3v) is 7.56. The lowest BCUT2D eigenvalue weighted by Gasteiger charge is -2.20. The molecule has 0 aliphatic heterocycles. The van der Waals surface area contributed by atoms with Crippen LogP contribution in [0, 0.1) is 41.8 Å². The topological polar surface area (TPSA) is 47.9 Å². The molecule has 2 heterocycles. The molecule has 0 amide bonds. The summed E-state index contributed by atoms with van der Waals surface area (Å²) < 4.78 is 120. The molecule has 4 aromatic carbocycles. The van der Waals surface area contributed by atoms with Gasteiger partial charge in [-0.3, -0.25) is 0 Å². The number of ether oxygens (including phenoxy) is 1. The predicted octanol–water partition coefficient (Wildman–Crippen LogP) is 9.36. The molecule has 6 rings (SSSR count). The Balaban J connectivity index is 1.27. The number of nitrogens with zero attached hydrogens (tertiary/aromatic N) is 3. The zero-order chi connectivity index (χ0) is 31.3. The maximum atomic E-state index is 15.0. The van der Waals surface area contributed by atoms with Crippen molar-refractivity contribution in [2.75, 3.05) is 0 Å². The fourth-order valence-corrected chi connectivity index (χ4v) is 5.40. The van der Waals surface area contributed by atoms with Crippen molar-refractivity contribution in [3.05, 3.63) is 119 Å². The second-order valence-corrected chi connectivity index (χ2v) is 10.6. The van der Waals surface area contributed by atoms with Crippen LogP contribution in [0.1, 0.15) is 11.1 Å². The highest BCUT2D eigenvalue weighted by atomic mass is 32.1. The van der Waals surface area contributed by atoms with Crippen LogP contribution >= 0.6 is 11.3 Å². The van der Waals surface area contributed by atoms with Crippen molar-refractivity contribution in [2.24, 2.45) is 0 Å². The minimum atomic E-state index is -4.61. The summed E-state index contributed by atoms with van der Waals surface area (Å²) in [5, 5.41) is 0.155. The van der Waals surface area contributed by atoms with Crippen molar-refractivity contribution in [1.82, 2.24) is 15.0 Å². The molecule has 0 saturated carbocycles. The number of halogens is 8. The molecule has 0 N–H and O–H groups in total. The van der Waals surface area contributed by atoms with Gasteiger partial charge in [-0.05, 0) is 72.6 Å². The van der Waals surface area contributed by atoms with Crippen LogP contribution < -0.4 is 4.74 Å². The highest BCUT2D eigenvalue weighted by Gasteiger charge is 2.41. The number of rotatable bonds is 6. The molecule has 0 aliphatic carbocycles. The largest absolute Gasteiger partial charge is 0.432 e. The molecular formula is C31H15F8N3OS. The van der Waals surface area contributed by atoms with Crippen LogP contribution in [0.2, 0.25) is 0 Å². The van der Waals surface area contributed by atoms with E-state index in [1.54, 1.807) is 30.6 Å². The zero-order valence-electron chi connectivity index (χ0n) is 22.1. The number of aromatic nitrogens is 3. The molecule has 6 aromatic rings. The molecule has 0 unspecified atom stereocenters. The highest BCUT2D eigenvalue weighted by Crippen LogP contribution is 2.40. The summed E-state index contributed by atoms with van der Waals surface area (Å²) in [7, 11) is 0. The third kappa shape index (κ3) is 5.46. The van der Waals surface area contributed by atoms with Crippen LogP contribution in [0.5, 0.6) is 5.75 Å². The van der Waals surface area contributed by atoms with Gasteiger partial charge in [0.25, 0.3) is 0 Å². The number of alkyl halides is 2. The van der Waals surface area contributed by atoms with E-state index in [4.69, 9.17) is 0 Å². The first-order valence-electron chi connectivity index (χ1n) is 12.6. The Bertz CT molecular complexity index is 2020. The third-order valence-electron chi connectivity index (χ3n) is 6.49. The van der Waals surface area contributed by atoms with E-state index in [1.165, 1.54) is 0 Å². The molecule has 44 heavy (non-hydrogen) atoms. The van der Waals surface area contributed by atoms with Gasteiger partial charge in [-0.1, -0.05) is 0 Å². The Morgan fingerprint density at radius 2 is 1.32 bits per heavy atom. The summed E-state index contributed by atoms with van der Waals surface area (Å²) >= 11 is 1.07. The van der Waals surface area contributed by atoms with Crippen molar-refractivity contribution in [3.8, 4) is 38.8 Å². The van der Waals surface area contributed by atoms with Gasteiger partial charge in [0.15, 0.2) is 23.3 Å². The first-order valence-corrected chi connectivity index (χ1v) is 13.4. The summed E-state index contributed by atoms with van der Waals surface area (Å²) in [6, 6.07) is 9.61. The number of aryl methyl sites for hydroxylation is 1. The first kappa shape index (κ1) is 29.2. The van der Waals surface area contributed by atoms with Gasteiger partial charge >= 0.3 is 6.11 Å². The van der Waals surface area contributed by atoms with Gasteiger partial charge in [-0.15, -0.1) is 11.3 Å². The highest BCUT2D eigenvalue weighted by molar-refractivity contribution is 7.21. The van der Waals surface area contributed by atoms with Gasteiger partial charge in [0.2, 0.25) is 0 Å². The van der Waals surface area contributed by atoms with E-state index in [0.717, 1.165) is 29.0 Å². The molecule has 2 aromatic heterocycles. The molecule has 0 bridgehead atoms. The van der Waals surface area contributed by atoms with Gasteiger partial charge in [-0.25, -0.2) is 41.3 Å². The van der Waals surface area contributed by atoms with Gasteiger partial charge in [0, 0.05) is 35.2 Å². The van der Waals surface area contributed by atoms with Crippen LogP contribution in [0.3, 0.4) is 0 Å². The van der Waals surface area contributed by atoms with Crippen LogP contribution in [0.15, 0.2) is 73.1 Å². The van der Waals surface area contributed by atoms with Crippen LogP contribution in [0.4, 0.5) is 35.1 Å². The smallest absolute Gasteiger partial charge is 0.429 e. The quantitative estimate of drug-likeness (QED) is 0.136. The fraction of sp³-hybridized carbons (Fsp3) is 0.0645. The van der Waals surface area contributed by atoms with E-state index in [0.29, 0.717) is 51.9 Å². The SMILES string of the molecule is Cc1cnc(-c2ccc3nc(-c4cc(F)c(C(F)(F)Oc5ccc(-c6cc(F)c(F)c(F)c6)c(F)c5)c(F)c4)sc3c2)nc1. The maximum absolute atomic E-state index is 15.0. The molecule has 0 spiro atoms. The van der Waals surface area contributed by atoms with E-state index >= 15 is 17.6 Å². The average molecular weight is 630 g/mol. The second-order valence-electron chi connectivity index (χ2n) is 9.61. The van der Waals surface area contributed by atoms with Crippen LogP contribution in [-0.2, 0) is 6.11 Å². The lowest BCUT2D eigenvalue weighted by atomic mass is 10.0. The van der Waals surface area contributed by atoms with Gasteiger partial charge in [0.05, 0.1) is 10.2 Å². The van der Waals surface area contributed by atoms with Crippen LogP contribution in [0.25, 0.3) is 43.3 Å². The lowest BCUT2D eigenvalue weighted by Crippen LogP contribution is -2.25. The lowest BCUT2D eigenvalue weighted by molar-refractivity contribution is -0.189. The molecule has 0 saturated heterocycles. The number of hydrogen-bond donors (Lipinski definition) is 0. The Kier molecular flexibility index (Phi) is 7.28. The molecule has 222 valence electrons. The summed E-state index contributed by atoms with van der Waals surface area (Å²) in [6.07, 6.45) is -1.30. The van der Waals surface area contributed by atoms with Crippen molar-refractivity contribution >= 4 is 21.6 Å². The first-order chi connectivity index (χ1) is 20.9. The predicted molar refractivity (Wildman–Crippen MR) is 147 cm³/mol. The maximum Gasteiger partial charge on any atom is 0.432 e. The van der Waals surface area contributed by atoms with E-state index < -0.39 is 63.5 Å². The Labute approximate surface area is 247 Å². The summed E-state index contributed by atoms with van der Waals surface area (Å²) in [5.41, 5.74) is -0.666. The molecule has 0 atom stereocenters. The zero-order valence-corrected chi connectivity index (χ0v) is 22.9. The number of benzene rings is 4. The Hall–Kier alpha value is -4.91. The van der Waals surface area contributed by atoms with Crippen molar-refractivity contribution < 1.29 is 39.9 Å². The number of fused-ring (bicyclic) bond motifs is 1. The summed E-state index contributed by atoms with van der Waals surface area (Å²) in [5.74, 6) is -9.89. The Morgan fingerprint density at radius 3 is 1.95 bits per heavy atom. The Morgan fingerprint density at radius 1 is 0.682 bits per heavy atom. The van der Waals surface area contributed by atoms with Gasteiger partial charge < -0.3 is 4.74 Å². The molecule has 4 nitrogen and oxygen atoms in total. The average Bonchev–Trinajstić information content (AvgIpc) is 3.39. The standard InChI is InChI=1S/C31H15F8N3OS/c1-14-12-40-29(41-13-14)15-2-5-25-26(10-15)44-30(42-25)17-8-21(33)27(22(34)9-17)31(38,39)43-18-3-4-19(20(32)11-18)16-6-23(35)28(37)24(36)7-16/h2-13H,1H3. The summed E-state index contributed by atoms with van der Waals surface area (Å²) in [6.45, 7) is 1.84. The van der Waals surface area contributed by atoms with Crippen molar-refractivity contribution in [1.29, 1.82) is 0 Å². The van der Waals surface area contributed by atoms with E-state index in [2.05, 4.69) is 19.7 Å². The molecule has 0 radical (unpaired) electrons. The van der Waals surface area contributed by atoms with Crippen LogP contribution in [-0.4, -0.2) is 15.0 Å². The van der Waals surface area contributed by atoms with E-state index in [-0.39, 0.29) is 10.6 Å². The fourth-order valence-electron chi connectivity index (χ4n) is 4.41. The molecular weight excluding hydrogens is 614 g/mol. The minimum Gasteiger partial charge on any atom is -0.429 e. The van der Waals surface area contributed by atoms with Gasteiger partial charge in [0.1, 0.15) is 33.8 Å². The molecule has 0 aliphatic rings. The summed E-state index contributed by atoms with van der Waals surface area (Å²) in [4.78, 5) is 12.9. The molecule has 13 heteroatoms. The second kappa shape index (κ2) is 11.0. The van der Waals surface area contributed by atoms with Crippen molar-refractivity contribution in [2.45, 2.75) is 13.0 Å². The molecule has 0 fully saturated rings. The van der Waals surface area contributed by atoms with E-state index in [9.17, 15) is 17.6 Å². The monoisotopic (exact) mass is 629 g/mol. The number of thiazole rings is 1.